The zero-order valence-corrected chi connectivity index (χ0v) is 15.9. The fraction of sp³-hybridized carbons (Fsp3) is 0.611. The maximum atomic E-state index is 12.6. The molecule has 1 amide bonds. The van der Waals surface area contributed by atoms with Gasteiger partial charge >= 0.3 is 0 Å². The van der Waals surface area contributed by atoms with Gasteiger partial charge in [-0.15, -0.1) is 24.8 Å². The van der Waals surface area contributed by atoms with Crippen LogP contribution in [0.25, 0.3) is 0 Å². The van der Waals surface area contributed by atoms with E-state index in [9.17, 15) is 4.79 Å². The van der Waals surface area contributed by atoms with E-state index in [4.69, 9.17) is 0 Å². The standard InChI is InChI=1S/C18H27N3O.2ClH/c1-21-9-7-14(8-10-21)11-20-18(22)17-13-19-12-16(17)15-5-3-2-4-6-15;;/h2-6,14,16-17,19H,7-13H2,1H3,(H,20,22);2*1H/t16-,17+;;/m1../s1. The largest absolute Gasteiger partial charge is 0.356 e. The number of halogens is 2. The molecular formula is C18H29Cl2N3O. The average Bonchev–Trinajstić information content (AvgIpc) is 3.04. The molecule has 0 bridgehead atoms. The van der Waals surface area contributed by atoms with Gasteiger partial charge in [0, 0.05) is 25.6 Å². The number of amides is 1. The molecule has 2 saturated heterocycles. The number of hydrogen-bond acceptors (Lipinski definition) is 3. The van der Waals surface area contributed by atoms with Gasteiger partial charge < -0.3 is 15.5 Å². The summed E-state index contributed by atoms with van der Waals surface area (Å²) in [6, 6.07) is 10.4. The van der Waals surface area contributed by atoms with Gasteiger partial charge in [0.1, 0.15) is 0 Å². The maximum absolute atomic E-state index is 12.6. The van der Waals surface area contributed by atoms with Gasteiger partial charge in [-0.25, -0.2) is 0 Å². The third kappa shape index (κ3) is 5.35. The highest BCUT2D eigenvalue weighted by atomic mass is 35.5. The van der Waals surface area contributed by atoms with Crippen molar-refractivity contribution < 1.29 is 4.79 Å². The lowest BCUT2D eigenvalue weighted by molar-refractivity contribution is -0.125. The molecule has 2 N–H and O–H groups in total. The van der Waals surface area contributed by atoms with Crippen LogP contribution < -0.4 is 10.6 Å². The molecule has 2 aliphatic heterocycles. The van der Waals surface area contributed by atoms with Crippen LogP contribution in [-0.4, -0.2) is 50.6 Å². The molecule has 136 valence electrons. The second-order valence-corrected chi connectivity index (χ2v) is 6.77. The van der Waals surface area contributed by atoms with Crippen molar-refractivity contribution in [1.82, 2.24) is 15.5 Å². The van der Waals surface area contributed by atoms with Crippen molar-refractivity contribution in [3.05, 3.63) is 35.9 Å². The van der Waals surface area contributed by atoms with Gasteiger partial charge in [-0.05, 0) is 44.5 Å². The van der Waals surface area contributed by atoms with Gasteiger partial charge in [0.25, 0.3) is 0 Å². The normalized spacial score (nSPS) is 24.7. The Morgan fingerprint density at radius 1 is 1.17 bits per heavy atom. The van der Waals surface area contributed by atoms with Crippen LogP contribution in [0.15, 0.2) is 30.3 Å². The lowest BCUT2D eigenvalue weighted by Crippen LogP contribution is -2.40. The van der Waals surface area contributed by atoms with Crippen molar-refractivity contribution in [3.8, 4) is 0 Å². The highest BCUT2D eigenvalue weighted by molar-refractivity contribution is 5.85. The zero-order chi connectivity index (χ0) is 15.4. The van der Waals surface area contributed by atoms with E-state index in [2.05, 4.69) is 46.8 Å². The number of rotatable bonds is 4. The molecule has 1 aromatic rings. The number of nitrogens with zero attached hydrogens (tertiary/aromatic N) is 1. The first-order valence-electron chi connectivity index (χ1n) is 8.46. The quantitative estimate of drug-likeness (QED) is 0.850. The van der Waals surface area contributed by atoms with Gasteiger partial charge in [0.05, 0.1) is 5.92 Å². The molecule has 2 fully saturated rings. The van der Waals surface area contributed by atoms with E-state index in [1.165, 1.54) is 18.4 Å². The molecule has 0 aromatic heterocycles. The lowest BCUT2D eigenvalue weighted by atomic mass is 9.88. The third-order valence-electron chi connectivity index (χ3n) is 5.18. The predicted octanol–water partition coefficient (Wildman–Crippen LogP) is 2.29. The Morgan fingerprint density at radius 2 is 1.83 bits per heavy atom. The number of carbonyl (C=O) groups excluding carboxylic acids is 1. The minimum absolute atomic E-state index is 0. The summed E-state index contributed by atoms with van der Waals surface area (Å²) in [5, 5.41) is 6.59. The molecule has 3 rings (SSSR count). The highest BCUT2D eigenvalue weighted by Crippen LogP contribution is 2.28. The van der Waals surface area contributed by atoms with Crippen molar-refractivity contribution in [2.75, 3.05) is 39.8 Å². The maximum Gasteiger partial charge on any atom is 0.225 e. The van der Waals surface area contributed by atoms with Crippen LogP contribution in [0.3, 0.4) is 0 Å². The van der Waals surface area contributed by atoms with Gasteiger partial charge in [-0.1, -0.05) is 30.3 Å². The first-order valence-corrected chi connectivity index (χ1v) is 8.46. The Labute approximate surface area is 157 Å². The Hall–Kier alpha value is -0.810. The van der Waals surface area contributed by atoms with Gasteiger partial charge in [-0.3, -0.25) is 4.79 Å². The molecule has 2 heterocycles. The smallest absolute Gasteiger partial charge is 0.225 e. The van der Waals surface area contributed by atoms with Crippen molar-refractivity contribution in [3.63, 3.8) is 0 Å². The minimum atomic E-state index is 0. The van der Waals surface area contributed by atoms with Crippen molar-refractivity contribution in [2.45, 2.75) is 18.8 Å². The first-order chi connectivity index (χ1) is 10.7. The number of hydrogen-bond donors (Lipinski definition) is 2. The molecule has 1 aromatic carbocycles. The van der Waals surface area contributed by atoms with E-state index in [0.29, 0.717) is 11.8 Å². The molecule has 0 unspecified atom stereocenters. The molecule has 0 aliphatic carbocycles. The van der Waals surface area contributed by atoms with E-state index < -0.39 is 0 Å². The number of piperidine rings is 1. The van der Waals surface area contributed by atoms with Crippen LogP contribution in [0.2, 0.25) is 0 Å². The Bertz CT molecular complexity index is 492. The topological polar surface area (TPSA) is 44.4 Å². The van der Waals surface area contributed by atoms with E-state index in [1.54, 1.807) is 0 Å². The average molecular weight is 374 g/mol. The molecule has 24 heavy (non-hydrogen) atoms. The Kier molecular flexibility index (Phi) is 9.06. The molecule has 0 radical (unpaired) electrons. The molecule has 2 aliphatic rings. The molecule has 0 spiro atoms. The Balaban J connectivity index is 0.00000144. The monoisotopic (exact) mass is 373 g/mol. The van der Waals surface area contributed by atoms with Crippen LogP contribution in [-0.2, 0) is 4.79 Å². The molecule has 4 nitrogen and oxygen atoms in total. The molecule has 2 atom stereocenters. The second kappa shape index (κ2) is 10.2. The molecule has 6 heteroatoms. The van der Waals surface area contributed by atoms with Crippen LogP contribution in [0, 0.1) is 11.8 Å². The number of nitrogens with one attached hydrogen (secondary N) is 2. The number of benzene rings is 1. The zero-order valence-electron chi connectivity index (χ0n) is 14.2. The van der Waals surface area contributed by atoms with Crippen molar-refractivity contribution in [1.29, 1.82) is 0 Å². The number of likely N-dealkylation sites (tertiary alicyclic amines) is 1. The van der Waals surface area contributed by atoms with Gasteiger partial charge in [-0.2, -0.15) is 0 Å². The summed E-state index contributed by atoms with van der Waals surface area (Å²) in [5.41, 5.74) is 1.27. The third-order valence-corrected chi connectivity index (χ3v) is 5.18. The van der Waals surface area contributed by atoms with E-state index in [0.717, 1.165) is 32.7 Å². The fourth-order valence-electron chi connectivity index (χ4n) is 3.65. The molecular weight excluding hydrogens is 345 g/mol. The predicted molar refractivity (Wildman–Crippen MR) is 103 cm³/mol. The summed E-state index contributed by atoms with van der Waals surface area (Å²) in [6.07, 6.45) is 2.39. The van der Waals surface area contributed by atoms with Crippen molar-refractivity contribution >= 4 is 30.7 Å². The minimum Gasteiger partial charge on any atom is -0.356 e. The molecule has 0 saturated carbocycles. The summed E-state index contributed by atoms with van der Waals surface area (Å²) in [5.74, 6) is 1.23. The lowest BCUT2D eigenvalue weighted by Gasteiger charge is -2.29. The summed E-state index contributed by atoms with van der Waals surface area (Å²) in [6.45, 7) is 4.83. The van der Waals surface area contributed by atoms with E-state index in [1.807, 2.05) is 6.07 Å². The van der Waals surface area contributed by atoms with Crippen LogP contribution in [0.5, 0.6) is 0 Å². The summed E-state index contributed by atoms with van der Waals surface area (Å²) in [4.78, 5) is 14.9. The van der Waals surface area contributed by atoms with Crippen molar-refractivity contribution in [2.24, 2.45) is 11.8 Å². The first kappa shape index (κ1) is 21.2. The number of carbonyl (C=O) groups is 1. The van der Waals surface area contributed by atoms with Crippen LogP contribution in [0.4, 0.5) is 0 Å². The SMILES string of the molecule is CN1CCC(CNC(=O)[C@H]2CNC[C@@H]2c2ccccc2)CC1.Cl.Cl. The summed E-state index contributed by atoms with van der Waals surface area (Å²) >= 11 is 0. The highest BCUT2D eigenvalue weighted by Gasteiger charge is 2.34. The van der Waals surface area contributed by atoms with E-state index in [-0.39, 0.29) is 36.6 Å². The Morgan fingerprint density at radius 3 is 2.50 bits per heavy atom. The van der Waals surface area contributed by atoms with Crippen LogP contribution >= 0.6 is 24.8 Å². The van der Waals surface area contributed by atoms with E-state index >= 15 is 0 Å². The van der Waals surface area contributed by atoms with Gasteiger partial charge in [0.15, 0.2) is 0 Å². The van der Waals surface area contributed by atoms with Crippen LogP contribution in [0.1, 0.15) is 24.3 Å². The van der Waals surface area contributed by atoms with Gasteiger partial charge in [0.2, 0.25) is 5.91 Å². The summed E-state index contributed by atoms with van der Waals surface area (Å²) in [7, 11) is 2.17. The summed E-state index contributed by atoms with van der Waals surface area (Å²) < 4.78 is 0. The second-order valence-electron chi connectivity index (χ2n) is 6.77. The fourth-order valence-corrected chi connectivity index (χ4v) is 3.65.